The Morgan fingerprint density at radius 1 is 0.921 bits per heavy atom. The fraction of sp³-hybridized carbons (Fsp3) is 0.0333. The number of para-hydroxylation sites is 1. The average Bonchev–Trinajstić information content (AvgIpc) is 3.63. The Bertz CT molecular complexity index is 1710. The molecule has 3 aromatic heterocycles. The van der Waals surface area contributed by atoms with Gasteiger partial charge in [-0.2, -0.15) is 5.10 Å². The molecule has 3 aromatic carbocycles. The molecular weight excluding hydrogens is 478 g/mol. The molecule has 0 saturated heterocycles. The maximum absolute atomic E-state index is 12.7. The van der Waals surface area contributed by atoms with Crippen molar-refractivity contribution in [2.75, 3.05) is 5.73 Å². The molecule has 3 heterocycles. The summed E-state index contributed by atoms with van der Waals surface area (Å²) in [4.78, 5) is 17.5. The van der Waals surface area contributed by atoms with Crippen LogP contribution in [0.25, 0.3) is 33.3 Å². The summed E-state index contributed by atoms with van der Waals surface area (Å²) in [6, 6.07) is 28.2. The molecule has 0 aliphatic heterocycles. The molecule has 0 fully saturated rings. The van der Waals surface area contributed by atoms with Gasteiger partial charge in [-0.1, -0.05) is 42.5 Å². The number of hydrogen-bond acceptors (Lipinski definition) is 6. The molecule has 0 radical (unpaired) electrons. The quantitative estimate of drug-likeness (QED) is 0.240. The van der Waals surface area contributed by atoms with Crippen molar-refractivity contribution in [3.8, 4) is 33.9 Å². The van der Waals surface area contributed by atoms with E-state index >= 15 is 0 Å². The minimum atomic E-state index is -0.210. The van der Waals surface area contributed by atoms with Crippen LogP contribution in [0.15, 0.2) is 108 Å². The van der Waals surface area contributed by atoms with E-state index in [4.69, 9.17) is 19.9 Å². The number of pyridine rings is 1. The first-order chi connectivity index (χ1) is 18.7. The number of fused-ring (bicyclic) bond motifs is 1. The Morgan fingerprint density at radius 3 is 2.53 bits per heavy atom. The van der Waals surface area contributed by atoms with Gasteiger partial charge in [0.05, 0.1) is 29.4 Å². The maximum Gasteiger partial charge on any atom is 0.251 e. The smallest absolute Gasteiger partial charge is 0.251 e. The van der Waals surface area contributed by atoms with Crippen molar-refractivity contribution in [2.45, 2.75) is 6.54 Å². The minimum absolute atomic E-state index is 0.210. The number of amides is 1. The number of nitrogen functional groups attached to an aromatic ring is 1. The van der Waals surface area contributed by atoms with Crippen molar-refractivity contribution in [1.82, 2.24) is 20.5 Å². The van der Waals surface area contributed by atoms with Gasteiger partial charge >= 0.3 is 0 Å². The van der Waals surface area contributed by atoms with Crippen molar-refractivity contribution in [3.63, 3.8) is 0 Å². The van der Waals surface area contributed by atoms with E-state index in [1.54, 1.807) is 30.7 Å². The first kappa shape index (κ1) is 23.1. The molecule has 4 N–H and O–H groups in total. The van der Waals surface area contributed by atoms with Crippen molar-refractivity contribution in [3.05, 3.63) is 115 Å². The Kier molecular flexibility index (Phi) is 6.03. The maximum atomic E-state index is 12.7. The molecule has 0 atom stereocenters. The standard InChI is InChI=1S/C30H23N5O3/c31-29-26-25(19-11-13-23(14-12-19)38-22-8-2-1-3-9-22)18-32-27(28(26)34-35-29)20-6-4-7-21(16-20)30(36)33-17-24-10-5-15-37-24/h1-16,18H,17H2,(H,33,36)(H3,31,34,35). The molecule has 0 bridgehead atoms. The highest BCUT2D eigenvalue weighted by Gasteiger charge is 2.17. The number of anilines is 1. The highest BCUT2D eigenvalue weighted by Crippen LogP contribution is 2.36. The van der Waals surface area contributed by atoms with Gasteiger partial charge in [0.1, 0.15) is 17.3 Å². The van der Waals surface area contributed by atoms with Gasteiger partial charge in [0, 0.05) is 22.9 Å². The largest absolute Gasteiger partial charge is 0.467 e. The summed E-state index contributed by atoms with van der Waals surface area (Å²) < 4.78 is 11.2. The fourth-order valence-electron chi connectivity index (χ4n) is 4.31. The van der Waals surface area contributed by atoms with Crippen molar-refractivity contribution >= 4 is 22.6 Å². The molecule has 0 unspecified atom stereocenters. The molecule has 0 aliphatic rings. The van der Waals surface area contributed by atoms with Gasteiger partial charge in [-0.05, 0) is 54.1 Å². The van der Waals surface area contributed by atoms with Gasteiger partial charge in [-0.3, -0.25) is 14.9 Å². The first-order valence-electron chi connectivity index (χ1n) is 12.0. The van der Waals surface area contributed by atoms with Gasteiger partial charge in [0.25, 0.3) is 5.91 Å². The number of nitrogens with two attached hydrogens (primary N) is 1. The number of nitrogens with one attached hydrogen (secondary N) is 2. The lowest BCUT2D eigenvalue weighted by Gasteiger charge is -2.10. The summed E-state index contributed by atoms with van der Waals surface area (Å²) in [5.74, 6) is 2.34. The molecular formula is C30H23N5O3. The molecule has 8 nitrogen and oxygen atoms in total. The number of benzene rings is 3. The zero-order valence-electron chi connectivity index (χ0n) is 20.2. The number of H-pyrrole nitrogens is 1. The first-order valence-corrected chi connectivity index (χ1v) is 12.0. The number of carbonyl (C=O) groups is 1. The molecule has 6 rings (SSSR count). The number of hydrogen-bond donors (Lipinski definition) is 3. The summed E-state index contributed by atoms with van der Waals surface area (Å²) in [5, 5.41) is 10.9. The molecule has 1 amide bonds. The van der Waals surface area contributed by atoms with Crippen LogP contribution < -0.4 is 15.8 Å². The molecule has 6 aromatic rings. The van der Waals surface area contributed by atoms with Crippen molar-refractivity contribution in [2.24, 2.45) is 0 Å². The normalized spacial score (nSPS) is 10.9. The molecule has 8 heteroatoms. The van der Waals surface area contributed by atoms with Crippen LogP contribution >= 0.6 is 0 Å². The predicted octanol–water partition coefficient (Wildman–Crippen LogP) is 6.19. The second-order valence-electron chi connectivity index (χ2n) is 8.66. The summed E-state index contributed by atoms with van der Waals surface area (Å²) in [7, 11) is 0. The monoisotopic (exact) mass is 501 g/mol. The number of nitrogens with zero attached hydrogens (tertiary/aromatic N) is 2. The van der Waals surface area contributed by atoms with E-state index in [9.17, 15) is 4.79 Å². The lowest BCUT2D eigenvalue weighted by atomic mass is 10.00. The number of aromatic amines is 1. The third-order valence-electron chi connectivity index (χ3n) is 6.17. The van der Waals surface area contributed by atoms with Crippen LogP contribution in [0.4, 0.5) is 5.82 Å². The van der Waals surface area contributed by atoms with Crippen LogP contribution in [0, 0.1) is 0 Å². The summed E-state index contributed by atoms with van der Waals surface area (Å²) in [6.45, 7) is 0.305. The number of aromatic nitrogens is 3. The third-order valence-corrected chi connectivity index (χ3v) is 6.17. The van der Waals surface area contributed by atoms with Crippen LogP contribution in [-0.4, -0.2) is 21.1 Å². The SMILES string of the molecule is Nc1n[nH]c2c(-c3cccc(C(=O)NCc4ccco4)c3)ncc(-c3ccc(Oc4ccccc4)cc3)c12. The van der Waals surface area contributed by atoms with Crippen LogP contribution in [-0.2, 0) is 6.54 Å². The van der Waals surface area contributed by atoms with Gasteiger partial charge in [0.2, 0.25) is 0 Å². The average molecular weight is 502 g/mol. The number of furan rings is 1. The fourth-order valence-corrected chi connectivity index (χ4v) is 4.31. The lowest BCUT2D eigenvalue weighted by molar-refractivity contribution is 0.0948. The highest BCUT2D eigenvalue weighted by molar-refractivity contribution is 6.07. The summed E-state index contributed by atoms with van der Waals surface area (Å²) in [6.07, 6.45) is 3.35. The van der Waals surface area contributed by atoms with Gasteiger partial charge in [0.15, 0.2) is 5.82 Å². The second kappa shape index (κ2) is 9.94. The predicted molar refractivity (Wildman–Crippen MR) is 146 cm³/mol. The molecule has 0 aliphatic carbocycles. The van der Waals surface area contributed by atoms with E-state index in [2.05, 4.69) is 15.5 Å². The third kappa shape index (κ3) is 4.58. The number of rotatable bonds is 7. The van der Waals surface area contributed by atoms with E-state index in [1.807, 2.05) is 72.8 Å². The van der Waals surface area contributed by atoms with Crippen molar-refractivity contribution < 1.29 is 13.9 Å². The number of carbonyl (C=O) groups excluding carboxylic acids is 1. The second-order valence-corrected chi connectivity index (χ2v) is 8.66. The van der Waals surface area contributed by atoms with Crippen LogP contribution in [0.1, 0.15) is 16.1 Å². The summed E-state index contributed by atoms with van der Waals surface area (Å²) in [5.41, 5.74) is 10.7. The van der Waals surface area contributed by atoms with E-state index in [0.29, 0.717) is 34.9 Å². The molecule has 186 valence electrons. The Labute approximate surface area is 218 Å². The summed E-state index contributed by atoms with van der Waals surface area (Å²) >= 11 is 0. The van der Waals surface area contributed by atoms with Crippen molar-refractivity contribution in [1.29, 1.82) is 0 Å². The van der Waals surface area contributed by atoms with Gasteiger partial charge in [-0.25, -0.2) is 0 Å². The van der Waals surface area contributed by atoms with Crippen LogP contribution in [0.3, 0.4) is 0 Å². The van der Waals surface area contributed by atoms with E-state index in [0.717, 1.165) is 33.6 Å². The Morgan fingerprint density at radius 2 is 1.74 bits per heavy atom. The van der Waals surface area contributed by atoms with E-state index < -0.39 is 0 Å². The highest BCUT2D eigenvalue weighted by atomic mass is 16.5. The lowest BCUT2D eigenvalue weighted by Crippen LogP contribution is -2.22. The Hall–Kier alpha value is -5.37. The van der Waals surface area contributed by atoms with Crippen LogP contribution in [0.5, 0.6) is 11.5 Å². The molecule has 0 saturated carbocycles. The molecule has 38 heavy (non-hydrogen) atoms. The van der Waals surface area contributed by atoms with Gasteiger partial charge < -0.3 is 20.2 Å². The zero-order valence-corrected chi connectivity index (χ0v) is 20.2. The van der Waals surface area contributed by atoms with Crippen LogP contribution in [0.2, 0.25) is 0 Å². The molecule has 0 spiro atoms. The minimum Gasteiger partial charge on any atom is -0.467 e. The van der Waals surface area contributed by atoms with E-state index in [1.165, 1.54) is 0 Å². The van der Waals surface area contributed by atoms with E-state index in [-0.39, 0.29) is 5.91 Å². The number of ether oxygens (including phenoxy) is 1. The van der Waals surface area contributed by atoms with Gasteiger partial charge in [-0.15, -0.1) is 0 Å². The Balaban J connectivity index is 1.29. The topological polar surface area (TPSA) is 119 Å². The zero-order chi connectivity index (χ0) is 25.9.